The number of nitrogens with zero attached hydrogens (tertiary/aromatic N) is 2. The molecule has 3 aromatic rings. The number of hydrogen-bond acceptors (Lipinski definition) is 5. The van der Waals surface area contributed by atoms with E-state index in [4.69, 9.17) is 9.47 Å². The first-order chi connectivity index (χ1) is 14.6. The van der Waals surface area contributed by atoms with Gasteiger partial charge in [0, 0.05) is 41.1 Å². The van der Waals surface area contributed by atoms with Crippen molar-refractivity contribution in [3.8, 4) is 11.5 Å². The normalized spacial score (nSPS) is 16.7. The number of ether oxygens (including phenoxy) is 2. The molecule has 5 nitrogen and oxygen atoms in total. The number of halogens is 1. The highest BCUT2D eigenvalue weighted by Crippen LogP contribution is 2.43. The Labute approximate surface area is 183 Å². The summed E-state index contributed by atoms with van der Waals surface area (Å²) >= 11 is 3.52. The van der Waals surface area contributed by atoms with Crippen LogP contribution in [0.4, 0.5) is 0 Å². The van der Waals surface area contributed by atoms with E-state index < -0.39 is 0 Å². The molecule has 5 rings (SSSR count). The van der Waals surface area contributed by atoms with Crippen LogP contribution in [-0.2, 0) is 13.1 Å². The number of rotatable bonds is 3. The summed E-state index contributed by atoms with van der Waals surface area (Å²) in [6.07, 6.45) is 5.41. The Morgan fingerprint density at radius 3 is 2.87 bits per heavy atom. The fraction of sp³-hybridized carbons (Fsp3) is 0.167. The minimum Gasteiger partial charge on any atom is -0.477 e. The largest absolute Gasteiger partial charge is 0.477 e. The van der Waals surface area contributed by atoms with E-state index in [2.05, 4.69) is 25.8 Å². The lowest BCUT2D eigenvalue weighted by molar-refractivity contribution is 0.0876. The summed E-state index contributed by atoms with van der Waals surface area (Å²) in [7, 11) is 0. The molecule has 2 aliphatic rings. The van der Waals surface area contributed by atoms with Crippen LogP contribution >= 0.6 is 15.9 Å². The maximum absolute atomic E-state index is 13.1. The predicted molar refractivity (Wildman–Crippen MR) is 117 cm³/mol. The molecule has 150 valence electrons. The van der Waals surface area contributed by atoms with Crippen molar-refractivity contribution in [2.45, 2.75) is 20.0 Å². The Bertz CT molecular complexity index is 1170. The summed E-state index contributed by atoms with van der Waals surface area (Å²) in [5.41, 5.74) is 4.49. The molecular formula is C24H19BrN2O3. The zero-order chi connectivity index (χ0) is 20.7. The summed E-state index contributed by atoms with van der Waals surface area (Å²) in [5.74, 6) is 1.63. The Morgan fingerprint density at radius 1 is 1.20 bits per heavy atom. The number of benzene rings is 2. The Hall–Kier alpha value is -2.96. The molecule has 0 radical (unpaired) electrons. The van der Waals surface area contributed by atoms with Gasteiger partial charge in [0.25, 0.3) is 0 Å². The predicted octanol–water partition coefficient (Wildman–Crippen LogP) is 5.12. The molecular weight excluding hydrogens is 444 g/mol. The molecule has 0 bridgehead atoms. The van der Waals surface area contributed by atoms with E-state index in [-0.39, 0.29) is 5.78 Å². The van der Waals surface area contributed by atoms with E-state index in [9.17, 15) is 4.79 Å². The average molecular weight is 463 g/mol. The number of carbonyl (C=O) groups is 1. The highest BCUT2D eigenvalue weighted by molar-refractivity contribution is 9.10. The molecule has 0 amide bonds. The maximum atomic E-state index is 13.1. The van der Waals surface area contributed by atoms with E-state index in [1.807, 2.05) is 55.6 Å². The number of hydrogen-bond donors (Lipinski definition) is 0. The van der Waals surface area contributed by atoms with Crippen LogP contribution in [0.5, 0.6) is 11.5 Å². The summed E-state index contributed by atoms with van der Waals surface area (Å²) in [6, 6.07) is 13.6. The van der Waals surface area contributed by atoms with Crippen molar-refractivity contribution in [1.82, 2.24) is 9.88 Å². The lowest BCUT2D eigenvalue weighted by atomic mass is 10.00. The van der Waals surface area contributed by atoms with Gasteiger partial charge in [-0.15, -0.1) is 0 Å². The quantitative estimate of drug-likeness (QED) is 0.505. The van der Waals surface area contributed by atoms with Gasteiger partial charge in [-0.25, -0.2) is 0 Å². The van der Waals surface area contributed by atoms with Crippen LogP contribution in [0.2, 0.25) is 0 Å². The second-order valence-electron chi connectivity index (χ2n) is 7.45. The Kier molecular flexibility index (Phi) is 4.89. The van der Waals surface area contributed by atoms with Gasteiger partial charge in [0.05, 0.1) is 5.56 Å². The van der Waals surface area contributed by atoms with E-state index in [0.29, 0.717) is 30.3 Å². The van der Waals surface area contributed by atoms with Crippen molar-refractivity contribution in [1.29, 1.82) is 0 Å². The van der Waals surface area contributed by atoms with Gasteiger partial charge in [0.1, 0.15) is 18.2 Å². The summed E-state index contributed by atoms with van der Waals surface area (Å²) in [4.78, 5) is 19.4. The fourth-order valence-electron chi connectivity index (χ4n) is 3.88. The number of ketones is 1. The first-order valence-electron chi connectivity index (χ1n) is 9.69. The van der Waals surface area contributed by atoms with Gasteiger partial charge in [-0.05, 0) is 42.3 Å². The molecule has 0 aliphatic carbocycles. The van der Waals surface area contributed by atoms with Gasteiger partial charge in [0.2, 0.25) is 5.78 Å². The topological polar surface area (TPSA) is 51.7 Å². The molecule has 0 saturated heterocycles. The van der Waals surface area contributed by atoms with Crippen molar-refractivity contribution >= 4 is 27.8 Å². The highest BCUT2D eigenvalue weighted by Gasteiger charge is 2.33. The fourth-order valence-corrected chi connectivity index (χ4v) is 4.28. The standard InChI is InChI=1S/C24H19BrN2O3/c1-15-23-18(13-27(14-29-23)12-16-5-4-8-26-11-16)9-19-22(28)21(30-24(15)19)10-17-6-2-3-7-20(17)25/h2-11H,12-14H2,1H3/b21-10-. The highest BCUT2D eigenvalue weighted by atomic mass is 79.9. The van der Waals surface area contributed by atoms with E-state index in [1.54, 1.807) is 12.3 Å². The van der Waals surface area contributed by atoms with Crippen molar-refractivity contribution in [2.24, 2.45) is 0 Å². The molecule has 0 saturated carbocycles. The molecule has 2 aliphatic heterocycles. The second kappa shape index (κ2) is 7.70. The Morgan fingerprint density at radius 2 is 2.07 bits per heavy atom. The first kappa shape index (κ1) is 19.0. The van der Waals surface area contributed by atoms with Crippen molar-refractivity contribution in [3.63, 3.8) is 0 Å². The van der Waals surface area contributed by atoms with Crippen LogP contribution < -0.4 is 9.47 Å². The minimum absolute atomic E-state index is 0.101. The lowest BCUT2D eigenvalue weighted by Crippen LogP contribution is -2.32. The second-order valence-corrected chi connectivity index (χ2v) is 8.30. The average Bonchev–Trinajstić information content (AvgIpc) is 3.06. The smallest absolute Gasteiger partial charge is 0.231 e. The number of aromatic nitrogens is 1. The van der Waals surface area contributed by atoms with E-state index in [0.717, 1.165) is 39.0 Å². The van der Waals surface area contributed by atoms with Crippen LogP contribution in [0.15, 0.2) is 65.1 Å². The molecule has 1 aromatic heterocycles. The molecule has 0 unspecified atom stereocenters. The molecule has 0 N–H and O–H groups in total. The van der Waals surface area contributed by atoms with Gasteiger partial charge in [-0.3, -0.25) is 14.7 Å². The van der Waals surface area contributed by atoms with Crippen LogP contribution in [-0.4, -0.2) is 22.4 Å². The third-order valence-electron chi connectivity index (χ3n) is 5.32. The first-order valence-corrected chi connectivity index (χ1v) is 10.5. The summed E-state index contributed by atoms with van der Waals surface area (Å²) in [5, 5.41) is 0. The minimum atomic E-state index is -0.101. The van der Waals surface area contributed by atoms with Crippen LogP contribution in [0.3, 0.4) is 0 Å². The lowest BCUT2D eigenvalue weighted by Gasteiger charge is -2.30. The molecule has 6 heteroatoms. The molecule has 0 atom stereocenters. The van der Waals surface area contributed by atoms with Crippen LogP contribution in [0, 0.1) is 6.92 Å². The van der Waals surface area contributed by atoms with Gasteiger partial charge < -0.3 is 9.47 Å². The molecule has 0 spiro atoms. The van der Waals surface area contributed by atoms with E-state index in [1.165, 1.54) is 0 Å². The molecule has 0 fully saturated rings. The summed E-state index contributed by atoms with van der Waals surface area (Å²) in [6.45, 7) is 3.87. The van der Waals surface area contributed by atoms with Crippen molar-refractivity contribution in [3.05, 3.63) is 92.9 Å². The Balaban J connectivity index is 1.44. The number of fused-ring (bicyclic) bond motifs is 2. The van der Waals surface area contributed by atoms with Crippen molar-refractivity contribution < 1.29 is 14.3 Å². The number of pyridine rings is 1. The third kappa shape index (κ3) is 3.42. The number of allylic oxidation sites excluding steroid dienone is 1. The maximum Gasteiger partial charge on any atom is 0.231 e. The molecule has 30 heavy (non-hydrogen) atoms. The van der Waals surface area contributed by atoms with Crippen LogP contribution in [0.1, 0.15) is 32.6 Å². The molecule has 2 aromatic carbocycles. The number of Topliss-reactive ketones (excluding diaryl/α,β-unsaturated/α-hetero) is 1. The van der Waals surface area contributed by atoms with E-state index >= 15 is 0 Å². The van der Waals surface area contributed by atoms with Gasteiger partial charge >= 0.3 is 0 Å². The number of carbonyl (C=O) groups excluding carboxylic acids is 1. The van der Waals surface area contributed by atoms with Gasteiger partial charge in [0.15, 0.2) is 5.76 Å². The van der Waals surface area contributed by atoms with Gasteiger partial charge in [-0.2, -0.15) is 0 Å². The third-order valence-corrected chi connectivity index (χ3v) is 6.04. The zero-order valence-electron chi connectivity index (χ0n) is 16.4. The van der Waals surface area contributed by atoms with Crippen LogP contribution in [0.25, 0.3) is 6.08 Å². The SMILES string of the molecule is Cc1c2c(cc3c1O/C(=C\c1ccccc1Br)C3=O)CN(Cc1cccnc1)CO2. The monoisotopic (exact) mass is 462 g/mol. The zero-order valence-corrected chi connectivity index (χ0v) is 18.0. The van der Waals surface area contributed by atoms with Gasteiger partial charge in [-0.1, -0.05) is 40.2 Å². The summed E-state index contributed by atoms with van der Waals surface area (Å²) < 4.78 is 13.0. The molecule has 3 heterocycles. The van der Waals surface area contributed by atoms with Crippen molar-refractivity contribution in [2.75, 3.05) is 6.73 Å².